The topological polar surface area (TPSA) is 60.4 Å². The molecule has 63 heavy (non-hydrogen) atoms. The van der Waals surface area contributed by atoms with Crippen molar-refractivity contribution in [2.24, 2.45) is 5.92 Å². The summed E-state index contributed by atoms with van der Waals surface area (Å²) in [5.74, 6) is 0.276. The fourth-order valence-corrected chi connectivity index (χ4v) is 11.5. The number of anilines is 3. The van der Waals surface area contributed by atoms with Gasteiger partial charge in [-0.15, -0.1) is 0 Å². The van der Waals surface area contributed by atoms with Crippen LogP contribution >= 0.6 is 0 Å². The fraction of sp³-hybridized carbons (Fsp3) is 0.211. The zero-order valence-corrected chi connectivity index (χ0v) is 36.6. The molecular weight excluding hydrogens is 771 g/mol. The van der Waals surface area contributed by atoms with Crippen LogP contribution in [0.5, 0.6) is 0 Å². The first-order chi connectivity index (χ1) is 30.6. The lowest BCUT2D eigenvalue weighted by Gasteiger charge is -2.54. The summed E-state index contributed by atoms with van der Waals surface area (Å²) in [7, 11) is 0. The number of furan rings is 1. The average molecular weight is 820 g/mol. The molecule has 2 aromatic heterocycles. The second-order valence-corrected chi connectivity index (χ2v) is 18.6. The predicted molar refractivity (Wildman–Crippen MR) is 258 cm³/mol. The molecule has 0 radical (unpaired) electrons. The van der Waals surface area contributed by atoms with Crippen LogP contribution in [-0.4, -0.2) is 16.8 Å². The summed E-state index contributed by atoms with van der Waals surface area (Å²) in [6, 6.07) is 46.9. The fourth-order valence-electron chi connectivity index (χ4n) is 11.5. The molecule has 0 amide bonds. The largest absolute Gasteiger partial charge is 0.456 e. The smallest absolute Gasteiger partial charge is 0.135 e. The second kappa shape index (κ2) is 13.7. The van der Waals surface area contributed by atoms with Crippen LogP contribution in [0.3, 0.4) is 0 Å². The van der Waals surface area contributed by atoms with Crippen molar-refractivity contribution in [3.63, 3.8) is 0 Å². The minimum atomic E-state index is -0.276. The van der Waals surface area contributed by atoms with Gasteiger partial charge in [0.25, 0.3) is 0 Å². The molecule has 1 N–H and O–H groups in total. The molecule has 2 aliphatic heterocycles. The van der Waals surface area contributed by atoms with Crippen LogP contribution in [-0.2, 0) is 5.41 Å². The molecular formula is C57H49N5O. The number of nitriles is 1. The maximum Gasteiger partial charge on any atom is 0.135 e. The van der Waals surface area contributed by atoms with E-state index >= 15 is 0 Å². The minimum Gasteiger partial charge on any atom is -0.456 e. The van der Waals surface area contributed by atoms with Crippen LogP contribution in [0, 0.1) is 38.0 Å². The Morgan fingerprint density at radius 3 is 2.17 bits per heavy atom. The predicted octanol–water partition coefficient (Wildman–Crippen LogP) is 11.7. The summed E-state index contributed by atoms with van der Waals surface area (Å²) >= 11 is 0. The Morgan fingerprint density at radius 1 is 0.730 bits per heavy atom. The molecule has 1 fully saturated rings. The highest BCUT2D eigenvalue weighted by molar-refractivity contribution is 6.10. The lowest BCUT2D eigenvalue weighted by molar-refractivity contribution is 0.313. The summed E-state index contributed by atoms with van der Waals surface area (Å²) in [5.41, 5.74) is 17.3. The molecule has 2 aliphatic carbocycles. The van der Waals surface area contributed by atoms with Crippen LogP contribution in [0.25, 0.3) is 50.1 Å². The molecule has 4 aliphatic rings. The molecule has 0 bridgehead atoms. The minimum absolute atomic E-state index is 0.0146. The van der Waals surface area contributed by atoms with Gasteiger partial charge in [-0.2, -0.15) is 5.26 Å². The van der Waals surface area contributed by atoms with Crippen LogP contribution in [0.1, 0.15) is 66.7 Å². The molecule has 0 spiro atoms. The zero-order valence-electron chi connectivity index (χ0n) is 36.6. The lowest BCUT2D eigenvalue weighted by atomic mass is 9.74. The number of nitrogens with one attached hydrogen (secondary N) is 1. The van der Waals surface area contributed by atoms with Crippen molar-refractivity contribution in [3.05, 3.63) is 189 Å². The van der Waals surface area contributed by atoms with Crippen LogP contribution in [0.15, 0.2) is 150 Å². The van der Waals surface area contributed by atoms with Gasteiger partial charge in [0.2, 0.25) is 0 Å². The van der Waals surface area contributed by atoms with Crippen molar-refractivity contribution >= 4 is 61.5 Å². The van der Waals surface area contributed by atoms with Crippen molar-refractivity contribution in [1.29, 1.82) is 5.26 Å². The van der Waals surface area contributed by atoms with E-state index in [4.69, 9.17) is 4.42 Å². The summed E-state index contributed by atoms with van der Waals surface area (Å²) in [6.45, 7) is 13.4. The van der Waals surface area contributed by atoms with Crippen LogP contribution < -0.4 is 25.8 Å². The SMILES string of the molecule is CC1=CC2(C)c3cc(C)ccc3N(c3cc(-n4c5ccc(C)cc5c5cc(C)ccc54)c(C4NC(C5=c6c(oc7ccccc67)=CCC5C)N4c4ccccc4)cc3C#N)C2C=C1. The Morgan fingerprint density at radius 2 is 1.43 bits per heavy atom. The molecule has 308 valence electrons. The highest BCUT2D eigenvalue weighted by Gasteiger charge is 2.49. The highest BCUT2D eigenvalue weighted by atomic mass is 16.3. The summed E-state index contributed by atoms with van der Waals surface area (Å²) < 4.78 is 8.97. The van der Waals surface area contributed by atoms with Crippen LogP contribution in [0.2, 0.25) is 0 Å². The zero-order chi connectivity index (χ0) is 42.9. The first kappa shape index (κ1) is 37.7. The normalized spacial score (nSPS) is 22.4. The number of rotatable bonds is 5. The number of nitrogens with zero attached hydrogens (tertiary/aromatic N) is 4. The summed E-state index contributed by atoms with van der Waals surface area (Å²) in [6.07, 6.45) is 9.78. The maximum absolute atomic E-state index is 11.4. The monoisotopic (exact) mass is 819 g/mol. The number of para-hydroxylation sites is 2. The molecule has 6 heteroatoms. The number of fused-ring (bicyclic) bond motifs is 9. The number of aryl methyl sites for hydroxylation is 3. The van der Waals surface area contributed by atoms with Crippen molar-refractivity contribution in [3.8, 4) is 11.8 Å². The van der Waals surface area contributed by atoms with Gasteiger partial charge in [-0.3, -0.25) is 5.32 Å². The third-order valence-electron chi connectivity index (χ3n) is 14.4. The Balaban J connectivity index is 1.14. The molecule has 6 aromatic carbocycles. The number of hydrogen-bond acceptors (Lipinski definition) is 5. The highest BCUT2D eigenvalue weighted by Crippen LogP contribution is 2.54. The van der Waals surface area contributed by atoms with Gasteiger partial charge in [0.05, 0.1) is 34.0 Å². The molecule has 8 aromatic rings. The Bertz CT molecular complexity index is 3430. The third-order valence-corrected chi connectivity index (χ3v) is 14.4. The van der Waals surface area contributed by atoms with Gasteiger partial charge in [-0.1, -0.05) is 108 Å². The van der Waals surface area contributed by atoms with E-state index in [1.54, 1.807) is 0 Å². The van der Waals surface area contributed by atoms with Gasteiger partial charge >= 0.3 is 0 Å². The van der Waals surface area contributed by atoms with Gasteiger partial charge in [-0.05, 0) is 125 Å². The molecule has 5 unspecified atom stereocenters. The molecule has 0 saturated carbocycles. The molecule has 6 nitrogen and oxygen atoms in total. The van der Waals surface area contributed by atoms with E-state index in [0.717, 1.165) is 62.2 Å². The summed E-state index contributed by atoms with van der Waals surface area (Å²) in [5, 5.41) is 20.3. The van der Waals surface area contributed by atoms with Gasteiger partial charge in [0.15, 0.2) is 0 Å². The lowest BCUT2D eigenvalue weighted by Crippen LogP contribution is -2.66. The second-order valence-electron chi connectivity index (χ2n) is 18.6. The van der Waals surface area contributed by atoms with E-state index in [0.29, 0.717) is 5.56 Å². The van der Waals surface area contributed by atoms with E-state index < -0.39 is 0 Å². The standard InChI is InChI=1S/C57H49N5O/c1-33-16-21-45-41(26-33)42-27-34(2)17-22-46(42)61(45)49-30-48(62-47-23-18-35(3)28-44(47)57(6)31-36(4)19-25-52(57)62)38(32-58)29-43(49)55-59-56(60(55)39-12-8-7-9-13-39)53-37(5)20-24-51-54(53)40-14-10-11-15-50(40)63-51/h7-19,21-31,37,52,55-56,59H,20H2,1-6H3. The molecule has 1 saturated heterocycles. The van der Waals surface area contributed by atoms with Crippen molar-refractivity contribution in [2.45, 2.75) is 71.8 Å². The first-order valence-electron chi connectivity index (χ1n) is 22.3. The maximum atomic E-state index is 11.4. The van der Waals surface area contributed by atoms with Gasteiger partial charge in [0, 0.05) is 43.7 Å². The summed E-state index contributed by atoms with van der Waals surface area (Å²) in [4.78, 5) is 4.97. The third kappa shape index (κ3) is 5.46. The van der Waals surface area contributed by atoms with Crippen molar-refractivity contribution < 1.29 is 4.42 Å². The van der Waals surface area contributed by atoms with Gasteiger partial charge in [0.1, 0.15) is 29.4 Å². The van der Waals surface area contributed by atoms with Crippen LogP contribution in [0.4, 0.5) is 17.1 Å². The molecule has 5 atom stereocenters. The molecule has 12 rings (SSSR count). The Labute approximate surface area is 368 Å². The first-order valence-corrected chi connectivity index (χ1v) is 22.3. The number of benzene rings is 6. The van der Waals surface area contributed by atoms with E-state index in [1.807, 2.05) is 6.07 Å². The van der Waals surface area contributed by atoms with E-state index in [2.05, 4.69) is 207 Å². The van der Waals surface area contributed by atoms with E-state index in [-0.39, 0.29) is 29.7 Å². The number of aromatic nitrogens is 1. The van der Waals surface area contributed by atoms with E-state index in [1.165, 1.54) is 49.4 Å². The average Bonchev–Trinajstić information content (AvgIpc) is 3.88. The Hall–Kier alpha value is -7.07. The quantitative estimate of drug-likeness (QED) is 0.187. The Kier molecular flexibility index (Phi) is 8.20. The number of hydrogen-bond donors (Lipinski definition) is 1. The number of allylic oxidation sites excluding steroid dienone is 2. The van der Waals surface area contributed by atoms with Crippen molar-refractivity contribution in [2.75, 3.05) is 9.80 Å². The van der Waals surface area contributed by atoms with Crippen molar-refractivity contribution in [1.82, 2.24) is 9.88 Å². The van der Waals surface area contributed by atoms with Gasteiger partial charge in [-0.25, -0.2) is 0 Å². The molecule has 4 heterocycles. The van der Waals surface area contributed by atoms with Gasteiger partial charge < -0.3 is 18.8 Å². The van der Waals surface area contributed by atoms with E-state index in [9.17, 15) is 5.26 Å².